The van der Waals surface area contributed by atoms with Crippen LogP contribution in [-0.4, -0.2) is 15.9 Å². The lowest BCUT2D eigenvalue weighted by Crippen LogP contribution is -2.30. The standard InChI is InChI=1S/C19H14F3N3O/c20-19(21,22)15-8-6-13(7-9-15)17(16-12-23-10-11-24-16)25-18(26)14-4-2-1-3-5-14/h1-12,17H,(H,25,26). The summed E-state index contributed by atoms with van der Waals surface area (Å²) >= 11 is 0. The number of carbonyl (C=O) groups excluding carboxylic acids is 1. The molecule has 0 fully saturated rings. The number of carbonyl (C=O) groups is 1. The van der Waals surface area contributed by atoms with E-state index in [1.54, 1.807) is 30.3 Å². The second kappa shape index (κ2) is 7.35. The Hall–Kier alpha value is -3.22. The quantitative estimate of drug-likeness (QED) is 0.767. The van der Waals surface area contributed by atoms with E-state index in [1.165, 1.54) is 30.7 Å². The van der Waals surface area contributed by atoms with Crippen LogP contribution in [0.4, 0.5) is 13.2 Å². The van der Waals surface area contributed by atoms with Crippen molar-refractivity contribution < 1.29 is 18.0 Å². The lowest BCUT2D eigenvalue weighted by molar-refractivity contribution is -0.137. The highest BCUT2D eigenvalue weighted by Crippen LogP contribution is 2.30. The molecule has 3 aromatic rings. The predicted molar refractivity (Wildman–Crippen MR) is 89.2 cm³/mol. The zero-order valence-electron chi connectivity index (χ0n) is 13.4. The van der Waals surface area contributed by atoms with Crippen LogP contribution in [0.2, 0.25) is 0 Å². The van der Waals surface area contributed by atoms with Crippen LogP contribution in [0, 0.1) is 0 Å². The van der Waals surface area contributed by atoms with Gasteiger partial charge in [-0.05, 0) is 29.8 Å². The van der Waals surface area contributed by atoms with Gasteiger partial charge in [0.15, 0.2) is 0 Å². The second-order valence-electron chi connectivity index (χ2n) is 5.52. The second-order valence-corrected chi connectivity index (χ2v) is 5.52. The molecule has 4 nitrogen and oxygen atoms in total. The topological polar surface area (TPSA) is 54.9 Å². The fourth-order valence-electron chi connectivity index (χ4n) is 2.46. The molecule has 0 saturated carbocycles. The summed E-state index contributed by atoms with van der Waals surface area (Å²) in [5.74, 6) is -0.360. The Morgan fingerprint density at radius 2 is 1.65 bits per heavy atom. The third-order valence-corrected chi connectivity index (χ3v) is 3.76. The number of hydrogen-bond acceptors (Lipinski definition) is 3. The van der Waals surface area contributed by atoms with Gasteiger partial charge >= 0.3 is 6.18 Å². The number of rotatable bonds is 4. The monoisotopic (exact) mass is 357 g/mol. The molecule has 132 valence electrons. The number of amides is 1. The highest BCUT2D eigenvalue weighted by Gasteiger charge is 2.30. The Morgan fingerprint density at radius 3 is 2.23 bits per heavy atom. The van der Waals surface area contributed by atoms with E-state index in [4.69, 9.17) is 0 Å². The van der Waals surface area contributed by atoms with Gasteiger partial charge in [0, 0.05) is 18.0 Å². The number of halogens is 3. The van der Waals surface area contributed by atoms with Gasteiger partial charge in [0.2, 0.25) is 0 Å². The first kappa shape index (κ1) is 17.6. The molecular weight excluding hydrogens is 343 g/mol. The highest BCUT2D eigenvalue weighted by atomic mass is 19.4. The maximum Gasteiger partial charge on any atom is 0.416 e. The first-order valence-electron chi connectivity index (χ1n) is 7.74. The minimum atomic E-state index is -4.42. The molecule has 1 amide bonds. The van der Waals surface area contributed by atoms with Gasteiger partial charge in [-0.1, -0.05) is 30.3 Å². The van der Waals surface area contributed by atoms with E-state index >= 15 is 0 Å². The summed E-state index contributed by atoms with van der Waals surface area (Å²) in [5, 5.41) is 2.80. The Morgan fingerprint density at radius 1 is 0.962 bits per heavy atom. The van der Waals surface area contributed by atoms with Crippen molar-refractivity contribution in [1.82, 2.24) is 15.3 Å². The average Bonchev–Trinajstić information content (AvgIpc) is 2.67. The van der Waals surface area contributed by atoms with Crippen molar-refractivity contribution in [3.8, 4) is 0 Å². The van der Waals surface area contributed by atoms with Gasteiger partial charge in [0.1, 0.15) is 0 Å². The maximum atomic E-state index is 12.8. The van der Waals surface area contributed by atoms with Crippen molar-refractivity contribution in [3.63, 3.8) is 0 Å². The van der Waals surface area contributed by atoms with Crippen LogP contribution >= 0.6 is 0 Å². The van der Waals surface area contributed by atoms with Crippen LogP contribution in [0.1, 0.15) is 33.2 Å². The summed E-state index contributed by atoms with van der Waals surface area (Å²) in [7, 11) is 0. The first-order valence-corrected chi connectivity index (χ1v) is 7.74. The third-order valence-electron chi connectivity index (χ3n) is 3.76. The Labute approximate surface area is 147 Å². The summed E-state index contributed by atoms with van der Waals surface area (Å²) < 4.78 is 38.3. The van der Waals surface area contributed by atoms with Crippen molar-refractivity contribution in [1.29, 1.82) is 0 Å². The van der Waals surface area contributed by atoms with E-state index in [2.05, 4.69) is 15.3 Å². The molecule has 0 aliphatic rings. The number of hydrogen-bond donors (Lipinski definition) is 1. The fourth-order valence-corrected chi connectivity index (χ4v) is 2.46. The lowest BCUT2D eigenvalue weighted by atomic mass is 10.0. The van der Waals surface area contributed by atoms with Crippen LogP contribution in [0.15, 0.2) is 73.2 Å². The molecule has 1 unspecified atom stereocenters. The van der Waals surface area contributed by atoms with Crippen molar-refractivity contribution in [2.45, 2.75) is 12.2 Å². The molecule has 1 aromatic heterocycles. The molecule has 1 N–H and O–H groups in total. The molecule has 0 saturated heterocycles. The number of alkyl halides is 3. The van der Waals surface area contributed by atoms with Gasteiger partial charge in [0.25, 0.3) is 5.91 Å². The molecule has 26 heavy (non-hydrogen) atoms. The SMILES string of the molecule is O=C(NC(c1ccc(C(F)(F)F)cc1)c1cnccn1)c1ccccc1. The number of nitrogens with zero attached hydrogens (tertiary/aromatic N) is 2. The van der Waals surface area contributed by atoms with Crippen molar-refractivity contribution in [2.75, 3.05) is 0 Å². The summed E-state index contributed by atoms with van der Waals surface area (Å²) in [6, 6.07) is 12.4. The van der Waals surface area contributed by atoms with E-state index in [-0.39, 0.29) is 5.91 Å². The fraction of sp³-hybridized carbons (Fsp3) is 0.105. The van der Waals surface area contributed by atoms with Gasteiger partial charge < -0.3 is 5.32 Å². The smallest absolute Gasteiger partial charge is 0.339 e. The van der Waals surface area contributed by atoms with Gasteiger partial charge in [-0.25, -0.2) is 0 Å². The van der Waals surface area contributed by atoms with Crippen molar-refractivity contribution in [2.24, 2.45) is 0 Å². The summed E-state index contributed by atoms with van der Waals surface area (Å²) in [4.78, 5) is 20.6. The van der Waals surface area contributed by atoms with Crippen LogP contribution in [0.25, 0.3) is 0 Å². The van der Waals surface area contributed by atoms with E-state index in [0.717, 1.165) is 12.1 Å². The van der Waals surface area contributed by atoms with Crippen LogP contribution in [0.5, 0.6) is 0 Å². The largest absolute Gasteiger partial charge is 0.416 e. The molecule has 0 aliphatic heterocycles. The van der Waals surface area contributed by atoms with Crippen molar-refractivity contribution >= 4 is 5.91 Å². The molecule has 1 atom stereocenters. The summed E-state index contributed by atoms with van der Waals surface area (Å²) in [6.45, 7) is 0. The molecule has 0 aliphatic carbocycles. The van der Waals surface area contributed by atoms with Crippen LogP contribution in [0.3, 0.4) is 0 Å². The summed E-state index contributed by atoms with van der Waals surface area (Å²) in [6.07, 6.45) is -0.0190. The zero-order chi connectivity index (χ0) is 18.6. The zero-order valence-corrected chi connectivity index (χ0v) is 13.4. The van der Waals surface area contributed by atoms with E-state index in [1.807, 2.05) is 0 Å². The molecular formula is C19H14F3N3O. The molecule has 0 radical (unpaired) electrons. The van der Waals surface area contributed by atoms with Gasteiger partial charge in [-0.3, -0.25) is 14.8 Å². The van der Waals surface area contributed by atoms with Crippen molar-refractivity contribution in [3.05, 3.63) is 95.6 Å². The number of nitrogens with one attached hydrogen (secondary N) is 1. The number of benzene rings is 2. The molecule has 7 heteroatoms. The minimum Gasteiger partial charge on any atom is -0.339 e. The Balaban J connectivity index is 1.93. The lowest BCUT2D eigenvalue weighted by Gasteiger charge is -2.19. The van der Waals surface area contributed by atoms with Crippen LogP contribution < -0.4 is 5.32 Å². The normalized spacial score (nSPS) is 12.4. The van der Waals surface area contributed by atoms with Gasteiger partial charge in [0.05, 0.1) is 23.5 Å². The Kier molecular flexibility index (Phi) is 4.97. The van der Waals surface area contributed by atoms with Gasteiger partial charge in [-0.2, -0.15) is 13.2 Å². The molecule has 2 aromatic carbocycles. The minimum absolute atomic E-state index is 0.360. The molecule has 1 heterocycles. The molecule has 0 bridgehead atoms. The first-order chi connectivity index (χ1) is 12.4. The van der Waals surface area contributed by atoms with E-state index in [0.29, 0.717) is 16.8 Å². The number of aromatic nitrogens is 2. The van der Waals surface area contributed by atoms with E-state index in [9.17, 15) is 18.0 Å². The van der Waals surface area contributed by atoms with Gasteiger partial charge in [-0.15, -0.1) is 0 Å². The molecule has 0 spiro atoms. The summed E-state index contributed by atoms with van der Waals surface area (Å²) in [5.41, 5.74) is 0.584. The Bertz CT molecular complexity index is 866. The predicted octanol–water partition coefficient (Wildman–Crippen LogP) is 4.01. The highest BCUT2D eigenvalue weighted by molar-refractivity contribution is 5.94. The maximum absolute atomic E-state index is 12.8. The van der Waals surface area contributed by atoms with E-state index < -0.39 is 17.8 Å². The average molecular weight is 357 g/mol. The third kappa shape index (κ3) is 4.05. The molecule has 3 rings (SSSR count). The van der Waals surface area contributed by atoms with Crippen LogP contribution in [-0.2, 0) is 6.18 Å².